The highest BCUT2D eigenvalue weighted by molar-refractivity contribution is 5.33. The van der Waals surface area contributed by atoms with Gasteiger partial charge in [0.25, 0.3) is 0 Å². The maximum absolute atomic E-state index is 13.3. The Morgan fingerprint density at radius 2 is 1.42 bits per heavy atom. The molecule has 1 rings (SSSR count). The zero-order valence-corrected chi connectivity index (χ0v) is 20.1. The lowest BCUT2D eigenvalue weighted by molar-refractivity contribution is 0.272. The summed E-state index contributed by atoms with van der Waals surface area (Å²) >= 11 is 0. The molecule has 0 aliphatic rings. The Kier molecular flexibility index (Phi) is 14.3. The maximum atomic E-state index is 13.3. The first-order chi connectivity index (χ1) is 16.0. The zero-order valence-electron chi connectivity index (χ0n) is 20.1. The van der Waals surface area contributed by atoms with Crippen LogP contribution in [-0.4, -0.2) is 27.5 Å². The summed E-state index contributed by atoms with van der Waals surface area (Å²) in [4.78, 5) is 59.7. The predicted octanol–water partition coefficient (Wildman–Crippen LogP) is 3.74. The summed E-state index contributed by atoms with van der Waals surface area (Å²) < 4.78 is 7.55. The van der Waals surface area contributed by atoms with Gasteiger partial charge >= 0.3 is 17.1 Å². The Bertz CT molecular complexity index is 980. The summed E-state index contributed by atoms with van der Waals surface area (Å²) in [6, 6.07) is 0. The van der Waals surface area contributed by atoms with E-state index in [0.717, 1.165) is 55.9 Å². The van der Waals surface area contributed by atoms with Crippen molar-refractivity contribution >= 4 is 12.2 Å². The number of hydrogen-bond donors (Lipinski definition) is 0. The quantitative estimate of drug-likeness (QED) is 0.197. The van der Waals surface area contributed by atoms with Crippen LogP contribution in [0.5, 0.6) is 0 Å². The van der Waals surface area contributed by atoms with Crippen LogP contribution in [-0.2, 0) is 16.1 Å². The highest BCUT2D eigenvalue weighted by Gasteiger charge is 2.20. The smallest absolute Gasteiger partial charge is 0.375 e. The standard InChI is InChI=1S/C23H37N5O5/c1-4-7-10-13-16-27-21(26-19(24-17-29)14-11-8-5-2)33-23(32)28(22(27)31)20(25-18-30)15-12-9-6-3/h19-20H,4-16H2,1-3H3/b26-21-. The number of aromatic nitrogens is 2. The van der Waals surface area contributed by atoms with Gasteiger partial charge in [0.05, 0.1) is 0 Å². The third-order valence-electron chi connectivity index (χ3n) is 5.37. The normalized spacial score (nSPS) is 13.2. The Morgan fingerprint density at radius 1 is 0.818 bits per heavy atom. The number of nitrogens with zero attached hydrogens (tertiary/aromatic N) is 5. The van der Waals surface area contributed by atoms with Crippen molar-refractivity contribution < 1.29 is 14.0 Å². The lowest BCUT2D eigenvalue weighted by Crippen LogP contribution is -2.48. The van der Waals surface area contributed by atoms with Crippen LogP contribution < -0.4 is 17.1 Å². The summed E-state index contributed by atoms with van der Waals surface area (Å²) in [5.74, 6) is -0.952. The van der Waals surface area contributed by atoms with Gasteiger partial charge in [0.1, 0.15) is 6.17 Å². The van der Waals surface area contributed by atoms with Gasteiger partial charge in [0, 0.05) is 6.54 Å². The van der Waals surface area contributed by atoms with Crippen LogP contribution in [0.2, 0.25) is 0 Å². The molecule has 1 heterocycles. The predicted molar refractivity (Wildman–Crippen MR) is 124 cm³/mol. The largest absolute Gasteiger partial charge is 0.427 e. The molecule has 0 spiro atoms. The first-order valence-corrected chi connectivity index (χ1v) is 12.1. The van der Waals surface area contributed by atoms with Crippen molar-refractivity contribution in [1.29, 1.82) is 0 Å². The van der Waals surface area contributed by atoms with E-state index in [0.29, 0.717) is 25.7 Å². The fraction of sp³-hybridized carbons (Fsp3) is 0.783. The highest BCUT2D eigenvalue weighted by Crippen LogP contribution is 2.13. The zero-order chi connectivity index (χ0) is 24.5. The van der Waals surface area contributed by atoms with Gasteiger partial charge in [-0.2, -0.15) is 9.98 Å². The molecule has 10 heteroatoms. The van der Waals surface area contributed by atoms with E-state index in [1.807, 2.05) is 6.92 Å². The fourth-order valence-electron chi connectivity index (χ4n) is 3.52. The van der Waals surface area contributed by atoms with Gasteiger partial charge < -0.3 is 4.42 Å². The molecule has 0 aliphatic carbocycles. The van der Waals surface area contributed by atoms with Crippen LogP contribution in [0, 0.1) is 0 Å². The molecule has 10 nitrogen and oxygen atoms in total. The van der Waals surface area contributed by atoms with Crippen molar-refractivity contribution in [3.63, 3.8) is 0 Å². The van der Waals surface area contributed by atoms with Crippen molar-refractivity contribution in [2.75, 3.05) is 0 Å². The number of isocyanates is 2. The van der Waals surface area contributed by atoms with E-state index < -0.39 is 23.8 Å². The molecule has 0 saturated carbocycles. The summed E-state index contributed by atoms with van der Waals surface area (Å²) in [5.41, 5.74) is -0.829. The second-order valence-corrected chi connectivity index (χ2v) is 8.04. The van der Waals surface area contributed by atoms with E-state index in [4.69, 9.17) is 4.42 Å². The van der Waals surface area contributed by atoms with Crippen molar-refractivity contribution in [2.45, 2.75) is 117 Å². The summed E-state index contributed by atoms with van der Waals surface area (Å²) in [6.45, 7) is 6.44. The van der Waals surface area contributed by atoms with Crippen molar-refractivity contribution in [1.82, 2.24) is 9.13 Å². The summed E-state index contributed by atoms with van der Waals surface area (Å²) in [6.07, 6.45) is 10.8. The Balaban J connectivity index is 3.54. The SMILES string of the molecule is CCCCCCn1c(=O)n(C(CCCCC)N=C=O)c(=O)o/c1=N\C(CCCCC)N=C=O. The van der Waals surface area contributed by atoms with E-state index in [1.165, 1.54) is 16.7 Å². The molecule has 0 aromatic carbocycles. The van der Waals surface area contributed by atoms with Crippen LogP contribution in [0.4, 0.5) is 0 Å². The van der Waals surface area contributed by atoms with Crippen LogP contribution in [0.25, 0.3) is 0 Å². The van der Waals surface area contributed by atoms with Gasteiger partial charge in [-0.1, -0.05) is 65.7 Å². The lowest BCUT2D eigenvalue weighted by atomic mass is 10.2. The van der Waals surface area contributed by atoms with Crippen molar-refractivity contribution in [3.05, 3.63) is 26.7 Å². The van der Waals surface area contributed by atoms with E-state index in [1.54, 1.807) is 0 Å². The topological polar surface area (TPSA) is 128 Å². The molecule has 33 heavy (non-hydrogen) atoms. The molecule has 184 valence electrons. The Labute approximate surface area is 194 Å². The second-order valence-electron chi connectivity index (χ2n) is 8.04. The molecule has 0 N–H and O–H groups in total. The van der Waals surface area contributed by atoms with Gasteiger partial charge in [0.15, 0.2) is 6.17 Å². The van der Waals surface area contributed by atoms with Gasteiger partial charge in [-0.3, -0.25) is 0 Å². The number of aliphatic imine (C=N–C) groups is 2. The fourth-order valence-corrected chi connectivity index (χ4v) is 3.52. The van der Waals surface area contributed by atoms with Crippen molar-refractivity contribution in [3.8, 4) is 0 Å². The van der Waals surface area contributed by atoms with Crippen molar-refractivity contribution in [2.24, 2.45) is 15.0 Å². The number of carbonyl (C=O) groups excluding carboxylic acids is 2. The average Bonchev–Trinajstić information content (AvgIpc) is 2.78. The molecular formula is C23H37N5O5. The van der Waals surface area contributed by atoms with E-state index in [-0.39, 0.29) is 12.2 Å². The third kappa shape index (κ3) is 9.68. The van der Waals surface area contributed by atoms with E-state index in [9.17, 15) is 19.2 Å². The maximum Gasteiger partial charge on any atom is 0.427 e. The Hall–Kier alpha value is -2.83. The minimum atomic E-state index is -0.984. The molecule has 0 saturated heterocycles. The number of unbranched alkanes of at least 4 members (excludes halogenated alkanes) is 7. The van der Waals surface area contributed by atoms with Gasteiger partial charge in [-0.05, 0) is 32.1 Å². The first-order valence-electron chi connectivity index (χ1n) is 12.1. The molecule has 0 radical (unpaired) electrons. The second kappa shape index (κ2) is 16.8. The van der Waals surface area contributed by atoms with Gasteiger partial charge in [-0.25, -0.2) is 33.3 Å². The van der Waals surface area contributed by atoms with E-state index in [2.05, 4.69) is 28.8 Å². The monoisotopic (exact) mass is 463 g/mol. The van der Waals surface area contributed by atoms with Crippen LogP contribution >= 0.6 is 0 Å². The molecule has 0 bridgehead atoms. The average molecular weight is 464 g/mol. The highest BCUT2D eigenvalue weighted by atomic mass is 16.4. The molecule has 0 aliphatic heterocycles. The lowest BCUT2D eigenvalue weighted by Gasteiger charge is -2.15. The van der Waals surface area contributed by atoms with Crippen LogP contribution in [0.15, 0.2) is 29.0 Å². The molecule has 0 amide bonds. The molecule has 2 atom stereocenters. The molecule has 2 unspecified atom stereocenters. The Morgan fingerprint density at radius 3 is 2.03 bits per heavy atom. The van der Waals surface area contributed by atoms with Gasteiger partial charge in [-0.15, -0.1) is 0 Å². The third-order valence-corrected chi connectivity index (χ3v) is 5.37. The summed E-state index contributed by atoms with van der Waals surface area (Å²) in [5, 5.41) is 0. The van der Waals surface area contributed by atoms with Gasteiger partial charge in [0.2, 0.25) is 12.2 Å². The number of hydrogen-bond acceptors (Lipinski definition) is 8. The van der Waals surface area contributed by atoms with Crippen LogP contribution in [0.3, 0.4) is 0 Å². The molecular weight excluding hydrogens is 426 g/mol. The van der Waals surface area contributed by atoms with Crippen LogP contribution in [0.1, 0.15) is 104 Å². The molecule has 1 aromatic rings. The summed E-state index contributed by atoms with van der Waals surface area (Å²) in [7, 11) is 0. The number of rotatable bonds is 17. The molecule has 1 aromatic heterocycles. The first kappa shape index (κ1) is 28.2. The molecule has 0 fully saturated rings. The minimum Gasteiger partial charge on any atom is -0.375 e. The minimum absolute atomic E-state index is 0.180. The van der Waals surface area contributed by atoms with E-state index >= 15 is 0 Å².